The van der Waals surface area contributed by atoms with Crippen LogP contribution in [0.5, 0.6) is 0 Å². The van der Waals surface area contributed by atoms with E-state index in [1.165, 1.54) is 6.26 Å². The van der Waals surface area contributed by atoms with E-state index in [-0.39, 0.29) is 6.10 Å². The van der Waals surface area contributed by atoms with Gasteiger partial charge < -0.3 is 9.17 Å². The molecule has 5 nitrogen and oxygen atoms in total. The monoisotopic (exact) mass is 392 g/mol. The number of H-pyrrole nitrogens is 1. The molecule has 0 bridgehead atoms. The van der Waals surface area contributed by atoms with E-state index in [4.69, 9.17) is 4.18 Å². The molecule has 2 heterocycles. The highest BCUT2D eigenvalue weighted by molar-refractivity contribution is 8.28. The number of rotatable bonds is 6. The fraction of sp³-hybridized carbons (Fsp3) is 0.316. The zero-order valence-electron chi connectivity index (χ0n) is 15.4. The first kappa shape index (κ1) is 18.9. The first-order valence-corrected chi connectivity index (χ1v) is 12.8. The minimum absolute atomic E-state index is 0.303. The molecule has 0 radical (unpaired) electrons. The minimum Gasteiger partial charge on any atom is -0.341 e. The average molecular weight is 393 g/mol. The molecule has 1 atom stereocenters. The minimum atomic E-state index is -3.22. The summed E-state index contributed by atoms with van der Waals surface area (Å²) in [6.45, 7) is 2.12. The van der Waals surface area contributed by atoms with Crippen molar-refractivity contribution in [1.82, 2.24) is 9.97 Å². The molecule has 0 amide bonds. The lowest BCUT2D eigenvalue weighted by molar-refractivity contribution is 0.279. The van der Waals surface area contributed by atoms with Gasteiger partial charge in [0.15, 0.2) is 9.84 Å². The van der Waals surface area contributed by atoms with E-state index < -0.39 is 20.1 Å². The molecule has 0 saturated carbocycles. The third kappa shape index (κ3) is 4.11. The number of sulfone groups is 1. The number of fused-ring (bicyclic) bond motifs is 1. The van der Waals surface area contributed by atoms with Crippen LogP contribution in [0.1, 0.15) is 24.3 Å². The summed E-state index contributed by atoms with van der Waals surface area (Å²) < 4.78 is 30.0. The van der Waals surface area contributed by atoms with Crippen molar-refractivity contribution in [2.75, 3.05) is 24.5 Å². The first-order valence-electron chi connectivity index (χ1n) is 8.32. The van der Waals surface area contributed by atoms with Crippen molar-refractivity contribution in [3.05, 3.63) is 59.9 Å². The van der Waals surface area contributed by atoms with Crippen molar-refractivity contribution in [1.29, 1.82) is 0 Å². The molecule has 0 aliphatic carbocycles. The van der Waals surface area contributed by atoms with Crippen LogP contribution in [-0.4, -0.2) is 42.9 Å². The van der Waals surface area contributed by atoms with Gasteiger partial charge in [-0.1, -0.05) is 19.1 Å². The van der Waals surface area contributed by atoms with Gasteiger partial charge in [-0.15, -0.1) is 10.3 Å². The van der Waals surface area contributed by atoms with Gasteiger partial charge >= 0.3 is 0 Å². The topological polar surface area (TPSA) is 72.1 Å². The zero-order chi connectivity index (χ0) is 18.9. The summed E-state index contributed by atoms with van der Waals surface area (Å²) in [6, 6.07) is 12.9. The molecule has 0 saturated heterocycles. The van der Waals surface area contributed by atoms with Gasteiger partial charge in [0, 0.05) is 17.8 Å². The lowest BCUT2D eigenvalue weighted by atomic mass is 10.1. The molecule has 3 rings (SSSR count). The second-order valence-corrected chi connectivity index (χ2v) is 12.4. The molecule has 3 aromatic rings. The number of pyridine rings is 1. The molecule has 0 fully saturated rings. The van der Waals surface area contributed by atoms with E-state index in [0.29, 0.717) is 4.90 Å². The number of nitrogens with one attached hydrogen (secondary N) is 1. The number of aromatic nitrogens is 2. The Bertz CT molecular complexity index is 976. The maximum Gasteiger partial charge on any atom is 0.175 e. The summed E-state index contributed by atoms with van der Waals surface area (Å²) in [5.74, 6) is 0.934. The lowest BCUT2D eigenvalue weighted by Gasteiger charge is -2.34. The van der Waals surface area contributed by atoms with Gasteiger partial charge in [0.25, 0.3) is 0 Å². The van der Waals surface area contributed by atoms with E-state index in [9.17, 15) is 8.42 Å². The van der Waals surface area contributed by atoms with Crippen LogP contribution in [0.3, 0.4) is 0 Å². The average Bonchev–Trinajstić information content (AvgIpc) is 3.03. The van der Waals surface area contributed by atoms with Gasteiger partial charge in [0.2, 0.25) is 0 Å². The fourth-order valence-electron chi connectivity index (χ4n) is 2.63. The maximum absolute atomic E-state index is 11.7. The van der Waals surface area contributed by atoms with Crippen LogP contribution >= 0.6 is 10.3 Å². The molecule has 7 heteroatoms. The first-order chi connectivity index (χ1) is 12.2. The van der Waals surface area contributed by atoms with Crippen molar-refractivity contribution in [3.8, 4) is 0 Å². The molecule has 0 aliphatic rings. The number of nitrogens with zero attached hydrogens (tertiary/aromatic N) is 1. The smallest absolute Gasteiger partial charge is 0.175 e. The Morgan fingerprint density at radius 1 is 1.12 bits per heavy atom. The van der Waals surface area contributed by atoms with E-state index in [2.05, 4.69) is 29.4 Å². The van der Waals surface area contributed by atoms with Crippen LogP contribution in [0.4, 0.5) is 0 Å². The van der Waals surface area contributed by atoms with Crippen LogP contribution in [-0.2, 0) is 14.0 Å². The summed E-state index contributed by atoms with van der Waals surface area (Å²) in [6.07, 6.45) is 6.92. The molecule has 140 valence electrons. The van der Waals surface area contributed by atoms with Crippen molar-refractivity contribution in [3.63, 3.8) is 0 Å². The molecular formula is C19H24N2O3S2. The Balaban J connectivity index is 2.05. The second kappa shape index (κ2) is 7.06. The predicted octanol–water partition coefficient (Wildman–Crippen LogP) is 4.07. The van der Waals surface area contributed by atoms with Gasteiger partial charge in [-0.25, -0.2) is 13.4 Å². The number of hydrogen-bond donors (Lipinski definition) is 1. The fourth-order valence-corrected chi connectivity index (χ4v) is 4.13. The Morgan fingerprint density at radius 3 is 2.38 bits per heavy atom. The van der Waals surface area contributed by atoms with E-state index >= 15 is 0 Å². The molecule has 2 aromatic heterocycles. The van der Waals surface area contributed by atoms with E-state index in [1.807, 2.05) is 30.3 Å². The SMILES string of the molecule is CCS(C)(C)OC(c1ccc(S(C)(=O)=O)cc1)c1cc2cccnc2[nH]1. The zero-order valence-corrected chi connectivity index (χ0v) is 17.0. The largest absolute Gasteiger partial charge is 0.341 e. The van der Waals surface area contributed by atoms with E-state index in [1.54, 1.807) is 18.3 Å². The standard InChI is InChI=1S/C19H24N2O3S2/c1-5-25(2,3)24-18(14-8-10-16(11-9-14)26(4,22)23)17-13-15-7-6-12-20-19(15)21-17/h6-13,18H,5H2,1-4H3,(H,20,21). The van der Waals surface area contributed by atoms with Crippen LogP contribution in [0.15, 0.2) is 53.6 Å². The quantitative estimate of drug-likeness (QED) is 0.686. The van der Waals surface area contributed by atoms with Crippen molar-refractivity contribution < 1.29 is 12.6 Å². The molecule has 26 heavy (non-hydrogen) atoms. The normalized spacial score (nSPS) is 14.5. The van der Waals surface area contributed by atoms with E-state index in [0.717, 1.165) is 28.0 Å². The number of hydrogen-bond acceptors (Lipinski definition) is 4. The van der Waals surface area contributed by atoms with Crippen molar-refractivity contribution >= 4 is 31.2 Å². The lowest BCUT2D eigenvalue weighted by Crippen LogP contribution is -2.12. The van der Waals surface area contributed by atoms with Gasteiger partial charge in [-0.05, 0) is 54.2 Å². The molecular weight excluding hydrogens is 368 g/mol. The Kier molecular flexibility index (Phi) is 5.14. The van der Waals surface area contributed by atoms with Gasteiger partial charge in [0.1, 0.15) is 11.8 Å². The predicted molar refractivity (Wildman–Crippen MR) is 109 cm³/mol. The van der Waals surface area contributed by atoms with Gasteiger partial charge in [0.05, 0.1) is 10.6 Å². The number of aromatic amines is 1. The Morgan fingerprint density at radius 2 is 1.81 bits per heavy atom. The molecule has 0 spiro atoms. The highest BCUT2D eigenvalue weighted by atomic mass is 32.3. The molecule has 1 N–H and O–H groups in total. The van der Waals surface area contributed by atoms with Crippen molar-refractivity contribution in [2.45, 2.75) is 17.9 Å². The summed E-state index contributed by atoms with van der Waals surface area (Å²) in [4.78, 5) is 8.01. The highest BCUT2D eigenvalue weighted by Gasteiger charge is 2.24. The van der Waals surface area contributed by atoms with Crippen molar-refractivity contribution in [2.24, 2.45) is 0 Å². The summed E-state index contributed by atoms with van der Waals surface area (Å²) >= 11 is 0. The molecule has 0 aliphatic heterocycles. The molecule has 1 unspecified atom stereocenters. The Hall–Kier alpha value is -1.83. The van der Waals surface area contributed by atoms with Crippen LogP contribution in [0, 0.1) is 0 Å². The van der Waals surface area contributed by atoms with Crippen LogP contribution in [0.2, 0.25) is 0 Å². The van der Waals surface area contributed by atoms with Crippen LogP contribution < -0.4 is 0 Å². The third-order valence-electron chi connectivity index (χ3n) is 4.36. The molecule has 1 aromatic carbocycles. The Labute approximate surface area is 156 Å². The third-order valence-corrected chi connectivity index (χ3v) is 7.59. The van der Waals surface area contributed by atoms with Crippen LogP contribution in [0.25, 0.3) is 11.0 Å². The highest BCUT2D eigenvalue weighted by Crippen LogP contribution is 2.47. The number of benzene rings is 1. The van der Waals surface area contributed by atoms with Gasteiger partial charge in [-0.3, -0.25) is 0 Å². The second-order valence-electron chi connectivity index (χ2n) is 6.71. The summed E-state index contributed by atoms with van der Waals surface area (Å²) in [5.41, 5.74) is 2.64. The maximum atomic E-state index is 11.7. The summed E-state index contributed by atoms with van der Waals surface area (Å²) in [7, 11) is -4.47. The summed E-state index contributed by atoms with van der Waals surface area (Å²) in [5, 5.41) is 1.02. The van der Waals surface area contributed by atoms with Gasteiger partial charge in [-0.2, -0.15) is 0 Å².